The molecule has 92 valence electrons. The number of nitrogens with two attached hydrogens (primary N) is 1. The van der Waals surface area contributed by atoms with Crippen LogP contribution in [0.25, 0.3) is 0 Å². The van der Waals surface area contributed by atoms with Crippen molar-refractivity contribution in [3.63, 3.8) is 0 Å². The van der Waals surface area contributed by atoms with Gasteiger partial charge in [0.1, 0.15) is 6.29 Å². The zero-order valence-electron chi connectivity index (χ0n) is 9.95. The standard InChI is InChI=1S/C12H21FN2O/c1-10(15-2)5-3-6-11(13)7-4-8-12(14)9-16/h3,5-6,9-10,12,15H,4,7-8,14H2,1-2H3/b5-3-,11-6+. The Morgan fingerprint density at radius 3 is 2.81 bits per heavy atom. The summed E-state index contributed by atoms with van der Waals surface area (Å²) in [6.07, 6.45) is 7.15. The summed E-state index contributed by atoms with van der Waals surface area (Å²) in [5.41, 5.74) is 5.38. The Hall–Kier alpha value is -1.00. The molecule has 2 unspecified atom stereocenters. The SMILES string of the molecule is CNC(C)/C=C\C=C(\F)CCCC(N)C=O. The van der Waals surface area contributed by atoms with E-state index in [4.69, 9.17) is 5.73 Å². The molecule has 0 spiro atoms. The van der Waals surface area contributed by atoms with Gasteiger partial charge in [-0.15, -0.1) is 0 Å². The van der Waals surface area contributed by atoms with Gasteiger partial charge in [0, 0.05) is 6.04 Å². The van der Waals surface area contributed by atoms with E-state index in [1.54, 1.807) is 6.08 Å². The predicted octanol–water partition coefficient (Wildman–Crippen LogP) is 1.70. The van der Waals surface area contributed by atoms with Crippen molar-refractivity contribution >= 4 is 6.29 Å². The molecule has 0 radical (unpaired) electrons. The van der Waals surface area contributed by atoms with Gasteiger partial charge in [-0.25, -0.2) is 4.39 Å². The monoisotopic (exact) mass is 228 g/mol. The molecule has 3 N–H and O–H groups in total. The Labute approximate surface area is 96.6 Å². The molecule has 0 heterocycles. The highest BCUT2D eigenvalue weighted by molar-refractivity contribution is 5.56. The smallest absolute Gasteiger partial charge is 0.136 e. The lowest BCUT2D eigenvalue weighted by molar-refractivity contribution is -0.109. The van der Waals surface area contributed by atoms with Crippen LogP contribution in [-0.4, -0.2) is 25.4 Å². The number of carbonyl (C=O) groups excluding carboxylic acids is 1. The Balaban J connectivity index is 3.79. The van der Waals surface area contributed by atoms with Crippen LogP contribution < -0.4 is 11.1 Å². The predicted molar refractivity (Wildman–Crippen MR) is 64.7 cm³/mol. The lowest BCUT2D eigenvalue weighted by Crippen LogP contribution is -2.20. The molecule has 0 aromatic rings. The first-order chi connectivity index (χ1) is 7.60. The highest BCUT2D eigenvalue weighted by Gasteiger charge is 2.00. The number of hydrogen-bond donors (Lipinski definition) is 2. The molecule has 0 aromatic heterocycles. The van der Waals surface area contributed by atoms with Crippen molar-refractivity contribution < 1.29 is 9.18 Å². The summed E-state index contributed by atoms with van der Waals surface area (Å²) in [6.45, 7) is 1.98. The number of rotatable bonds is 8. The van der Waals surface area contributed by atoms with Gasteiger partial charge in [0.25, 0.3) is 0 Å². The minimum atomic E-state index is -0.465. The van der Waals surface area contributed by atoms with Gasteiger partial charge in [-0.1, -0.05) is 12.2 Å². The van der Waals surface area contributed by atoms with E-state index in [0.29, 0.717) is 25.5 Å². The first kappa shape index (κ1) is 15.0. The molecule has 3 nitrogen and oxygen atoms in total. The van der Waals surface area contributed by atoms with Crippen molar-refractivity contribution in [3.8, 4) is 0 Å². The molecule has 16 heavy (non-hydrogen) atoms. The summed E-state index contributed by atoms with van der Waals surface area (Å²) < 4.78 is 13.2. The van der Waals surface area contributed by atoms with E-state index < -0.39 is 6.04 Å². The molecule has 0 amide bonds. The third-order valence-corrected chi connectivity index (χ3v) is 2.26. The Morgan fingerprint density at radius 1 is 1.56 bits per heavy atom. The van der Waals surface area contributed by atoms with Gasteiger partial charge in [0.2, 0.25) is 0 Å². The van der Waals surface area contributed by atoms with Gasteiger partial charge in [-0.2, -0.15) is 0 Å². The van der Waals surface area contributed by atoms with Crippen molar-refractivity contribution in [3.05, 3.63) is 24.1 Å². The van der Waals surface area contributed by atoms with Gasteiger partial charge >= 0.3 is 0 Å². The van der Waals surface area contributed by atoms with Crippen LogP contribution in [-0.2, 0) is 4.79 Å². The van der Waals surface area contributed by atoms with Crippen LogP contribution in [0.4, 0.5) is 4.39 Å². The highest BCUT2D eigenvalue weighted by atomic mass is 19.1. The lowest BCUT2D eigenvalue weighted by Gasteiger charge is -2.02. The molecule has 0 aliphatic rings. The molecule has 0 aliphatic heterocycles. The maximum Gasteiger partial charge on any atom is 0.136 e. The van der Waals surface area contributed by atoms with Gasteiger partial charge in [0.15, 0.2) is 0 Å². The highest BCUT2D eigenvalue weighted by Crippen LogP contribution is 2.09. The molecule has 0 rings (SSSR count). The second-order valence-corrected chi connectivity index (χ2v) is 3.77. The van der Waals surface area contributed by atoms with E-state index in [9.17, 15) is 9.18 Å². The van der Waals surface area contributed by atoms with Crippen LogP contribution in [0, 0.1) is 0 Å². The molecule has 0 saturated heterocycles. The quantitative estimate of drug-likeness (QED) is 0.491. The Kier molecular flexibility index (Phi) is 8.66. The lowest BCUT2D eigenvalue weighted by atomic mass is 10.1. The molecule has 0 aromatic carbocycles. The fraction of sp³-hybridized carbons (Fsp3) is 0.583. The van der Waals surface area contributed by atoms with Crippen LogP contribution in [0.1, 0.15) is 26.2 Å². The van der Waals surface area contributed by atoms with Gasteiger partial charge in [0.05, 0.1) is 11.9 Å². The van der Waals surface area contributed by atoms with E-state index >= 15 is 0 Å². The zero-order chi connectivity index (χ0) is 12.4. The van der Waals surface area contributed by atoms with Crippen molar-refractivity contribution in [2.75, 3.05) is 7.05 Å². The van der Waals surface area contributed by atoms with Crippen LogP contribution in [0.3, 0.4) is 0 Å². The summed E-state index contributed by atoms with van der Waals surface area (Å²) in [6, 6.07) is -0.236. The summed E-state index contributed by atoms with van der Waals surface area (Å²) in [7, 11) is 1.84. The number of hydrogen-bond acceptors (Lipinski definition) is 3. The average Bonchev–Trinajstić information content (AvgIpc) is 2.28. The molecule has 2 atom stereocenters. The summed E-state index contributed by atoms with van der Waals surface area (Å²) in [5, 5.41) is 3.01. The van der Waals surface area contributed by atoms with E-state index in [1.807, 2.05) is 20.0 Å². The summed E-state index contributed by atoms with van der Waals surface area (Å²) in [4.78, 5) is 10.2. The number of carbonyl (C=O) groups is 1. The largest absolute Gasteiger partial charge is 0.322 e. The number of nitrogens with one attached hydrogen (secondary N) is 1. The van der Waals surface area contributed by atoms with Gasteiger partial charge < -0.3 is 15.8 Å². The fourth-order valence-electron chi connectivity index (χ4n) is 1.08. The third-order valence-electron chi connectivity index (χ3n) is 2.26. The van der Waals surface area contributed by atoms with Crippen molar-refractivity contribution in [2.45, 2.75) is 38.3 Å². The first-order valence-electron chi connectivity index (χ1n) is 5.51. The zero-order valence-corrected chi connectivity index (χ0v) is 9.95. The van der Waals surface area contributed by atoms with E-state index in [0.717, 1.165) is 0 Å². The molecular weight excluding hydrogens is 207 g/mol. The molecule has 4 heteroatoms. The van der Waals surface area contributed by atoms with Crippen LogP contribution in [0.2, 0.25) is 0 Å². The molecule has 0 saturated carbocycles. The number of halogens is 1. The molecule has 0 fully saturated rings. The van der Waals surface area contributed by atoms with E-state index in [2.05, 4.69) is 5.32 Å². The fourth-order valence-corrected chi connectivity index (χ4v) is 1.08. The summed E-state index contributed by atoms with van der Waals surface area (Å²) in [5.74, 6) is -0.183. The van der Waals surface area contributed by atoms with Crippen LogP contribution in [0.15, 0.2) is 24.1 Å². The van der Waals surface area contributed by atoms with Crippen molar-refractivity contribution in [2.24, 2.45) is 5.73 Å². The van der Waals surface area contributed by atoms with Crippen molar-refractivity contribution in [1.29, 1.82) is 0 Å². The molecular formula is C12H21FN2O. The van der Waals surface area contributed by atoms with E-state index in [1.165, 1.54) is 6.08 Å². The second kappa shape index (κ2) is 9.24. The van der Waals surface area contributed by atoms with Gasteiger partial charge in [-0.3, -0.25) is 0 Å². The summed E-state index contributed by atoms with van der Waals surface area (Å²) >= 11 is 0. The Morgan fingerprint density at radius 2 is 2.25 bits per heavy atom. The van der Waals surface area contributed by atoms with Crippen molar-refractivity contribution in [1.82, 2.24) is 5.32 Å². The normalized spacial score (nSPS) is 16.4. The second-order valence-electron chi connectivity index (χ2n) is 3.77. The number of aldehydes is 1. The van der Waals surface area contributed by atoms with Gasteiger partial charge in [-0.05, 0) is 39.3 Å². The molecule has 0 aliphatic carbocycles. The minimum Gasteiger partial charge on any atom is -0.322 e. The van der Waals surface area contributed by atoms with E-state index in [-0.39, 0.29) is 11.9 Å². The van der Waals surface area contributed by atoms with Crippen LogP contribution in [0.5, 0.6) is 0 Å². The number of allylic oxidation sites excluding steroid dienone is 3. The average molecular weight is 228 g/mol. The maximum atomic E-state index is 13.2. The third kappa shape index (κ3) is 8.32. The Bertz CT molecular complexity index is 251. The van der Waals surface area contributed by atoms with Crippen LogP contribution >= 0.6 is 0 Å². The topological polar surface area (TPSA) is 55.1 Å². The minimum absolute atomic E-state index is 0.183. The molecule has 0 bridgehead atoms. The maximum absolute atomic E-state index is 13.2. The first-order valence-corrected chi connectivity index (χ1v) is 5.51. The number of likely N-dealkylation sites (N-methyl/N-ethyl adjacent to an activating group) is 1.